The average Bonchev–Trinajstić information content (AvgIpc) is 2.17. The second-order valence-electron chi connectivity index (χ2n) is 3.72. The van der Waals surface area contributed by atoms with Crippen LogP contribution in [0.15, 0.2) is 36.9 Å². The summed E-state index contributed by atoms with van der Waals surface area (Å²) in [4.78, 5) is 11.4. The number of nitrogen functional groups attached to an aromatic ring is 1. The number of carbonyl (C=O) groups excluding carboxylic acids is 1. The first-order chi connectivity index (χ1) is 7.00. The second kappa shape index (κ2) is 4.49. The van der Waals surface area contributed by atoms with Gasteiger partial charge in [0, 0.05) is 5.69 Å². The van der Waals surface area contributed by atoms with E-state index in [0.717, 1.165) is 5.56 Å². The molecule has 0 amide bonds. The highest BCUT2D eigenvalue weighted by Crippen LogP contribution is 2.31. The molecule has 0 aromatic heterocycles. The molecule has 2 N–H and O–H groups in total. The summed E-state index contributed by atoms with van der Waals surface area (Å²) in [7, 11) is 0. The molecule has 0 saturated carbocycles. The number of allylic oxidation sites excluding steroid dienone is 1. The van der Waals surface area contributed by atoms with Crippen molar-refractivity contribution in [2.45, 2.75) is 18.8 Å². The number of nitrogens with two attached hydrogens (primary N) is 1. The topological polar surface area (TPSA) is 43.1 Å². The normalized spacial score (nSPS) is 14.3. The third-order valence-corrected chi connectivity index (χ3v) is 2.93. The summed E-state index contributed by atoms with van der Waals surface area (Å²) in [5.74, 6) is 0. The van der Waals surface area contributed by atoms with Gasteiger partial charge in [-0.15, -0.1) is 6.58 Å². The van der Waals surface area contributed by atoms with E-state index in [4.69, 9.17) is 17.3 Å². The Morgan fingerprint density at radius 1 is 1.67 bits per heavy atom. The first kappa shape index (κ1) is 11.8. The first-order valence-electron chi connectivity index (χ1n) is 4.67. The van der Waals surface area contributed by atoms with Gasteiger partial charge < -0.3 is 5.73 Å². The standard InChI is InChI=1S/C12H14ClNO/c1-3-7-12(2,11(13)15)9-5-4-6-10(14)8-9/h3-6,8H,1,7,14H2,2H3. The van der Waals surface area contributed by atoms with Crippen molar-refractivity contribution in [3.63, 3.8) is 0 Å². The number of hydrogen-bond donors (Lipinski definition) is 1. The predicted molar refractivity (Wildman–Crippen MR) is 63.9 cm³/mol. The molecule has 0 saturated heterocycles. The van der Waals surface area contributed by atoms with Crippen molar-refractivity contribution in [2.75, 3.05) is 5.73 Å². The highest BCUT2D eigenvalue weighted by Gasteiger charge is 2.32. The van der Waals surface area contributed by atoms with E-state index < -0.39 is 10.7 Å². The Morgan fingerprint density at radius 3 is 2.80 bits per heavy atom. The Kier molecular flexibility index (Phi) is 3.53. The third kappa shape index (κ3) is 2.39. The van der Waals surface area contributed by atoms with E-state index in [2.05, 4.69) is 6.58 Å². The number of rotatable bonds is 4. The summed E-state index contributed by atoms with van der Waals surface area (Å²) < 4.78 is 0. The summed E-state index contributed by atoms with van der Waals surface area (Å²) in [5, 5.41) is -0.395. The van der Waals surface area contributed by atoms with Crippen LogP contribution in [0.5, 0.6) is 0 Å². The van der Waals surface area contributed by atoms with Crippen LogP contribution in [0, 0.1) is 0 Å². The lowest BCUT2D eigenvalue weighted by atomic mass is 9.80. The van der Waals surface area contributed by atoms with Gasteiger partial charge in [-0.2, -0.15) is 0 Å². The van der Waals surface area contributed by atoms with Gasteiger partial charge in [0.25, 0.3) is 0 Å². The van der Waals surface area contributed by atoms with Crippen LogP contribution in [0.1, 0.15) is 18.9 Å². The fourth-order valence-electron chi connectivity index (χ4n) is 1.48. The van der Waals surface area contributed by atoms with Gasteiger partial charge in [0.05, 0.1) is 5.41 Å². The number of halogens is 1. The monoisotopic (exact) mass is 223 g/mol. The lowest BCUT2D eigenvalue weighted by Gasteiger charge is -2.24. The average molecular weight is 224 g/mol. The van der Waals surface area contributed by atoms with Crippen molar-refractivity contribution in [3.8, 4) is 0 Å². The van der Waals surface area contributed by atoms with Crippen molar-refractivity contribution in [1.29, 1.82) is 0 Å². The summed E-state index contributed by atoms with van der Waals surface area (Å²) in [6.07, 6.45) is 2.18. The minimum absolute atomic E-state index is 0.395. The van der Waals surface area contributed by atoms with Crippen molar-refractivity contribution >= 4 is 22.5 Å². The van der Waals surface area contributed by atoms with Crippen molar-refractivity contribution < 1.29 is 4.79 Å². The molecule has 0 heterocycles. The van der Waals surface area contributed by atoms with Crippen LogP contribution in [0.2, 0.25) is 0 Å². The van der Waals surface area contributed by atoms with Crippen LogP contribution in [0.3, 0.4) is 0 Å². The van der Waals surface area contributed by atoms with Crippen LogP contribution in [0.25, 0.3) is 0 Å². The largest absolute Gasteiger partial charge is 0.399 e. The maximum Gasteiger partial charge on any atom is 0.232 e. The predicted octanol–water partition coefficient (Wildman–Crippen LogP) is 2.87. The Morgan fingerprint density at radius 2 is 2.33 bits per heavy atom. The smallest absolute Gasteiger partial charge is 0.232 e. The van der Waals surface area contributed by atoms with E-state index in [1.165, 1.54) is 0 Å². The van der Waals surface area contributed by atoms with Crippen LogP contribution < -0.4 is 5.73 Å². The summed E-state index contributed by atoms with van der Waals surface area (Å²) in [6.45, 7) is 5.42. The van der Waals surface area contributed by atoms with E-state index in [-0.39, 0.29) is 0 Å². The highest BCUT2D eigenvalue weighted by atomic mass is 35.5. The zero-order valence-corrected chi connectivity index (χ0v) is 9.42. The number of hydrogen-bond acceptors (Lipinski definition) is 2. The molecular weight excluding hydrogens is 210 g/mol. The van der Waals surface area contributed by atoms with E-state index >= 15 is 0 Å². The SMILES string of the molecule is C=CCC(C)(C(=O)Cl)c1cccc(N)c1. The van der Waals surface area contributed by atoms with Gasteiger partial charge in [-0.05, 0) is 42.6 Å². The second-order valence-corrected chi connectivity index (χ2v) is 4.07. The lowest BCUT2D eigenvalue weighted by Crippen LogP contribution is -2.28. The molecule has 2 nitrogen and oxygen atoms in total. The highest BCUT2D eigenvalue weighted by molar-refractivity contribution is 6.65. The maximum atomic E-state index is 11.4. The zero-order valence-electron chi connectivity index (χ0n) is 8.66. The van der Waals surface area contributed by atoms with E-state index in [1.807, 2.05) is 12.1 Å². The molecule has 1 aromatic carbocycles. The van der Waals surface area contributed by atoms with E-state index in [9.17, 15) is 4.79 Å². The van der Waals surface area contributed by atoms with Gasteiger partial charge in [0.1, 0.15) is 0 Å². The lowest BCUT2D eigenvalue weighted by molar-refractivity contribution is -0.116. The zero-order chi connectivity index (χ0) is 11.5. The molecule has 1 unspecified atom stereocenters. The number of carbonyl (C=O) groups is 1. The minimum Gasteiger partial charge on any atom is -0.399 e. The molecule has 80 valence electrons. The van der Waals surface area contributed by atoms with Crippen LogP contribution in [0.4, 0.5) is 5.69 Å². The van der Waals surface area contributed by atoms with Crippen molar-refractivity contribution in [2.24, 2.45) is 0 Å². The quantitative estimate of drug-likeness (QED) is 0.485. The van der Waals surface area contributed by atoms with Gasteiger partial charge in [-0.1, -0.05) is 18.2 Å². The number of benzene rings is 1. The molecule has 0 radical (unpaired) electrons. The van der Waals surface area contributed by atoms with Crippen LogP contribution in [-0.2, 0) is 10.2 Å². The van der Waals surface area contributed by atoms with Gasteiger partial charge >= 0.3 is 0 Å². The molecule has 0 fully saturated rings. The molecule has 0 bridgehead atoms. The fourth-order valence-corrected chi connectivity index (χ4v) is 1.67. The molecule has 0 aliphatic carbocycles. The fraction of sp³-hybridized carbons (Fsp3) is 0.250. The molecule has 0 aliphatic rings. The Labute approximate surface area is 94.7 Å². The summed E-state index contributed by atoms with van der Waals surface area (Å²) in [6, 6.07) is 7.20. The Bertz CT molecular complexity index is 389. The molecule has 0 aliphatic heterocycles. The molecular formula is C12H14ClNO. The summed E-state index contributed by atoms with van der Waals surface area (Å²) in [5.41, 5.74) is 6.38. The van der Waals surface area contributed by atoms with Gasteiger partial charge in [-0.25, -0.2) is 0 Å². The Balaban J connectivity index is 3.20. The molecule has 15 heavy (non-hydrogen) atoms. The summed E-state index contributed by atoms with van der Waals surface area (Å²) >= 11 is 5.62. The molecule has 0 spiro atoms. The van der Waals surface area contributed by atoms with Crippen molar-refractivity contribution in [1.82, 2.24) is 0 Å². The molecule has 3 heteroatoms. The molecule has 1 rings (SSSR count). The molecule has 1 aromatic rings. The Hall–Kier alpha value is -1.28. The molecule has 1 atom stereocenters. The van der Waals surface area contributed by atoms with E-state index in [1.54, 1.807) is 25.1 Å². The van der Waals surface area contributed by atoms with Gasteiger partial charge in [0.2, 0.25) is 5.24 Å². The van der Waals surface area contributed by atoms with Crippen LogP contribution in [-0.4, -0.2) is 5.24 Å². The minimum atomic E-state index is -0.737. The van der Waals surface area contributed by atoms with Crippen molar-refractivity contribution in [3.05, 3.63) is 42.5 Å². The number of anilines is 1. The van der Waals surface area contributed by atoms with E-state index in [0.29, 0.717) is 12.1 Å². The van der Waals surface area contributed by atoms with Gasteiger partial charge in [0.15, 0.2) is 0 Å². The maximum absolute atomic E-state index is 11.4. The van der Waals surface area contributed by atoms with Crippen LogP contribution >= 0.6 is 11.6 Å². The van der Waals surface area contributed by atoms with Gasteiger partial charge in [-0.3, -0.25) is 4.79 Å². The first-order valence-corrected chi connectivity index (χ1v) is 5.05. The third-order valence-electron chi connectivity index (χ3n) is 2.51.